The van der Waals surface area contributed by atoms with E-state index in [1.165, 1.54) is 12.4 Å². The van der Waals surface area contributed by atoms with Crippen molar-refractivity contribution in [2.75, 3.05) is 6.26 Å². The number of hydrogen-bond donors (Lipinski definition) is 3. The number of nitrogens with one attached hydrogen (secondary N) is 2. The predicted molar refractivity (Wildman–Crippen MR) is 145 cm³/mol. The molecule has 0 saturated heterocycles. The highest BCUT2D eigenvalue weighted by atomic mass is 32.2. The van der Waals surface area contributed by atoms with Gasteiger partial charge in [-0.2, -0.15) is 0 Å². The zero-order valence-electron chi connectivity index (χ0n) is 20.9. The molecular weight excluding hydrogens is 500 g/mol. The lowest BCUT2D eigenvalue weighted by atomic mass is 9.78. The first-order chi connectivity index (χ1) is 18.3. The number of benzene rings is 2. The van der Waals surface area contributed by atoms with Gasteiger partial charge in [-0.3, -0.25) is 14.8 Å². The highest BCUT2D eigenvalue weighted by molar-refractivity contribution is 7.88. The summed E-state index contributed by atoms with van der Waals surface area (Å²) in [6.45, 7) is 0. The third kappa shape index (κ3) is 6.69. The highest BCUT2D eigenvalue weighted by Crippen LogP contribution is 2.40. The van der Waals surface area contributed by atoms with Crippen molar-refractivity contribution in [2.24, 2.45) is 0 Å². The fraction of sp³-hybridized carbons (Fsp3) is 0.207. The molecule has 38 heavy (non-hydrogen) atoms. The van der Waals surface area contributed by atoms with Gasteiger partial charge in [0.1, 0.15) is 11.6 Å². The minimum Gasteiger partial charge on any atom is -0.378 e. The van der Waals surface area contributed by atoms with E-state index < -0.39 is 33.6 Å². The molecule has 0 spiro atoms. The lowest BCUT2D eigenvalue weighted by molar-refractivity contribution is -0.125. The van der Waals surface area contributed by atoms with E-state index in [2.05, 4.69) is 20.0 Å². The molecule has 196 valence electrons. The number of sulfonamides is 1. The number of aliphatic hydroxyl groups is 1. The summed E-state index contributed by atoms with van der Waals surface area (Å²) in [7, 11) is -3.71. The highest BCUT2D eigenvalue weighted by Gasteiger charge is 2.43. The van der Waals surface area contributed by atoms with Crippen molar-refractivity contribution >= 4 is 15.9 Å². The van der Waals surface area contributed by atoms with Crippen LogP contribution in [-0.2, 0) is 26.8 Å². The first-order valence-electron chi connectivity index (χ1n) is 12.2. The Labute approximate surface area is 222 Å². The van der Waals surface area contributed by atoms with E-state index in [0.717, 1.165) is 11.8 Å². The van der Waals surface area contributed by atoms with Gasteiger partial charge in [0.25, 0.3) is 0 Å². The normalized spacial score (nSPS) is 13.4. The molecule has 1 amide bonds. The van der Waals surface area contributed by atoms with E-state index in [0.29, 0.717) is 23.1 Å². The molecule has 0 radical (unpaired) electrons. The molecule has 0 bridgehead atoms. The number of pyridine rings is 2. The SMILES string of the molecule is CS(=O)(=O)N[C@H](CCc1ccccc1)C(=O)N[C@H](c1ccccc1)C(O)(c1cccnc1)c1cccnc1. The Morgan fingerprint density at radius 1 is 0.868 bits per heavy atom. The van der Waals surface area contributed by atoms with Crippen molar-refractivity contribution in [1.29, 1.82) is 0 Å². The fourth-order valence-corrected chi connectivity index (χ4v) is 5.19. The second-order valence-corrected chi connectivity index (χ2v) is 10.8. The largest absolute Gasteiger partial charge is 0.378 e. The molecule has 0 aliphatic rings. The topological polar surface area (TPSA) is 121 Å². The first kappa shape index (κ1) is 27.1. The molecule has 4 rings (SSSR count). The summed E-state index contributed by atoms with van der Waals surface area (Å²) in [5.74, 6) is -0.564. The van der Waals surface area contributed by atoms with E-state index in [9.17, 15) is 18.3 Å². The molecule has 2 heterocycles. The summed E-state index contributed by atoms with van der Waals surface area (Å²) < 4.78 is 26.9. The van der Waals surface area contributed by atoms with Gasteiger partial charge in [-0.05, 0) is 36.1 Å². The zero-order valence-corrected chi connectivity index (χ0v) is 21.8. The quantitative estimate of drug-likeness (QED) is 0.274. The number of hydrogen-bond acceptors (Lipinski definition) is 6. The summed E-state index contributed by atoms with van der Waals surface area (Å²) in [5.41, 5.74) is 0.715. The van der Waals surface area contributed by atoms with E-state index >= 15 is 0 Å². The predicted octanol–water partition coefficient (Wildman–Crippen LogP) is 3.12. The summed E-state index contributed by atoms with van der Waals surface area (Å²) in [6, 6.07) is 23.4. The number of carbonyl (C=O) groups excluding carboxylic acids is 1. The molecule has 2 atom stereocenters. The van der Waals surface area contributed by atoms with Crippen LogP contribution in [0.3, 0.4) is 0 Å². The Morgan fingerprint density at radius 2 is 1.42 bits per heavy atom. The minimum absolute atomic E-state index is 0.225. The summed E-state index contributed by atoms with van der Waals surface area (Å²) in [6.07, 6.45) is 7.99. The maximum atomic E-state index is 13.8. The molecule has 0 saturated carbocycles. The summed E-state index contributed by atoms with van der Waals surface area (Å²) in [4.78, 5) is 22.1. The maximum absolute atomic E-state index is 13.8. The average molecular weight is 531 g/mol. The maximum Gasteiger partial charge on any atom is 0.238 e. The van der Waals surface area contributed by atoms with Crippen LogP contribution in [-0.4, -0.2) is 41.7 Å². The molecule has 0 unspecified atom stereocenters. The van der Waals surface area contributed by atoms with Crippen LogP contribution in [0.5, 0.6) is 0 Å². The molecule has 9 heteroatoms. The third-order valence-electron chi connectivity index (χ3n) is 6.28. The van der Waals surface area contributed by atoms with Crippen LogP contribution in [0.1, 0.15) is 34.7 Å². The van der Waals surface area contributed by atoms with Crippen LogP contribution >= 0.6 is 0 Å². The second kappa shape index (κ2) is 12.1. The van der Waals surface area contributed by atoms with Crippen molar-refractivity contribution in [3.63, 3.8) is 0 Å². The molecule has 2 aromatic heterocycles. The number of amides is 1. The van der Waals surface area contributed by atoms with Gasteiger partial charge in [0.2, 0.25) is 15.9 Å². The Balaban J connectivity index is 1.75. The van der Waals surface area contributed by atoms with Crippen molar-refractivity contribution in [3.05, 3.63) is 132 Å². The van der Waals surface area contributed by atoms with Crippen LogP contribution in [0.4, 0.5) is 0 Å². The van der Waals surface area contributed by atoms with E-state index in [-0.39, 0.29) is 6.42 Å². The fourth-order valence-electron chi connectivity index (χ4n) is 4.45. The number of aromatic nitrogens is 2. The van der Waals surface area contributed by atoms with Gasteiger partial charge in [0.05, 0.1) is 12.3 Å². The van der Waals surface area contributed by atoms with Gasteiger partial charge in [0.15, 0.2) is 0 Å². The van der Waals surface area contributed by atoms with Crippen molar-refractivity contribution < 1.29 is 18.3 Å². The number of rotatable bonds is 11. The Bertz CT molecular complexity index is 1380. The molecule has 0 aliphatic heterocycles. The number of carbonyl (C=O) groups is 1. The number of nitrogens with zero attached hydrogens (tertiary/aromatic N) is 2. The molecule has 8 nitrogen and oxygen atoms in total. The minimum atomic E-state index is -3.71. The lowest BCUT2D eigenvalue weighted by Gasteiger charge is -2.38. The summed E-state index contributed by atoms with van der Waals surface area (Å²) >= 11 is 0. The lowest BCUT2D eigenvalue weighted by Crippen LogP contribution is -2.52. The molecule has 2 aromatic carbocycles. The Morgan fingerprint density at radius 3 is 1.92 bits per heavy atom. The van der Waals surface area contributed by atoms with Gasteiger partial charge in [-0.15, -0.1) is 0 Å². The van der Waals surface area contributed by atoms with Crippen LogP contribution < -0.4 is 10.0 Å². The first-order valence-corrected chi connectivity index (χ1v) is 14.1. The molecule has 4 aromatic rings. The second-order valence-electron chi connectivity index (χ2n) is 9.07. The monoisotopic (exact) mass is 530 g/mol. The van der Waals surface area contributed by atoms with Gasteiger partial charge < -0.3 is 10.4 Å². The van der Waals surface area contributed by atoms with Gasteiger partial charge in [-0.1, -0.05) is 72.8 Å². The molecule has 0 fully saturated rings. The standard InChI is InChI=1S/C29H30N4O4S/c1-38(36,37)33-26(17-16-22-10-4-2-5-11-22)28(34)32-27(23-12-6-3-7-13-23)29(35,24-14-8-18-30-20-24)25-15-9-19-31-21-25/h2-15,18-21,26-27,33,35H,16-17H2,1H3,(H,32,34)/t26-,27-/m1/s1. The van der Waals surface area contributed by atoms with Gasteiger partial charge >= 0.3 is 0 Å². The van der Waals surface area contributed by atoms with E-state index in [4.69, 9.17) is 0 Å². The van der Waals surface area contributed by atoms with Gasteiger partial charge in [0, 0.05) is 35.9 Å². The zero-order chi connectivity index (χ0) is 27.0. The molecule has 3 N–H and O–H groups in total. The Kier molecular flexibility index (Phi) is 8.62. The molecular formula is C29H30N4O4S. The van der Waals surface area contributed by atoms with Crippen LogP contribution in [0.25, 0.3) is 0 Å². The summed E-state index contributed by atoms with van der Waals surface area (Å²) in [5, 5.41) is 15.4. The average Bonchev–Trinajstić information content (AvgIpc) is 2.95. The third-order valence-corrected chi connectivity index (χ3v) is 6.99. The van der Waals surface area contributed by atoms with Gasteiger partial charge in [-0.25, -0.2) is 13.1 Å². The Hall–Kier alpha value is -3.92. The van der Waals surface area contributed by atoms with Crippen LogP contribution in [0.15, 0.2) is 110 Å². The van der Waals surface area contributed by atoms with E-state index in [1.807, 2.05) is 48.5 Å². The van der Waals surface area contributed by atoms with Crippen molar-refractivity contribution in [3.8, 4) is 0 Å². The smallest absolute Gasteiger partial charge is 0.238 e. The van der Waals surface area contributed by atoms with Crippen LogP contribution in [0, 0.1) is 0 Å². The van der Waals surface area contributed by atoms with Crippen molar-refractivity contribution in [2.45, 2.75) is 30.5 Å². The number of aryl methyl sites for hydroxylation is 1. The molecule has 0 aliphatic carbocycles. The van der Waals surface area contributed by atoms with Crippen LogP contribution in [0.2, 0.25) is 0 Å². The van der Waals surface area contributed by atoms with E-state index in [1.54, 1.807) is 48.8 Å². The van der Waals surface area contributed by atoms with Crippen molar-refractivity contribution in [1.82, 2.24) is 20.0 Å².